The third-order valence-electron chi connectivity index (χ3n) is 2.74. The molecule has 0 saturated carbocycles. The summed E-state index contributed by atoms with van der Waals surface area (Å²) in [5, 5.41) is 3.34. The number of carbonyl (C=O) groups excluding carboxylic acids is 1. The van der Waals surface area contributed by atoms with Crippen LogP contribution in [0.1, 0.15) is 26.3 Å². The molecule has 0 saturated heterocycles. The molecule has 1 unspecified atom stereocenters. The second-order valence-electron chi connectivity index (χ2n) is 5.17. The van der Waals surface area contributed by atoms with E-state index in [4.69, 9.17) is 0 Å². The Morgan fingerprint density at radius 2 is 1.79 bits per heavy atom. The molecule has 0 fully saturated rings. The fourth-order valence-corrected chi connectivity index (χ4v) is 2.64. The molecule has 0 aliphatic heterocycles. The zero-order chi connectivity index (χ0) is 14.4. The molecule has 106 valence electrons. The molecule has 0 spiro atoms. The average molecular weight is 280 g/mol. The van der Waals surface area contributed by atoms with Crippen molar-refractivity contribution in [2.45, 2.75) is 43.5 Å². The Labute approximate surface area is 120 Å². The molecule has 1 N–H and O–H groups in total. The van der Waals surface area contributed by atoms with Crippen LogP contribution in [0.3, 0.4) is 0 Å². The summed E-state index contributed by atoms with van der Waals surface area (Å²) in [6, 6.07) is 8.89. The molecule has 0 heterocycles. The zero-order valence-electron chi connectivity index (χ0n) is 12.4. The Hall–Kier alpha value is -1.00. The summed E-state index contributed by atoms with van der Waals surface area (Å²) in [5.74, 6) is 0.149. The van der Waals surface area contributed by atoms with Crippen LogP contribution in [0.5, 0.6) is 0 Å². The lowest BCUT2D eigenvalue weighted by atomic mass is 10.2. The maximum Gasteiger partial charge on any atom is 0.235 e. The minimum absolute atomic E-state index is 0.0466. The summed E-state index contributed by atoms with van der Waals surface area (Å²) in [5.41, 5.74) is 1.27. The van der Waals surface area contributed by atoms with Crippen molar-refractivity contribution in [3.8, 4) is 0 Å². The zero-order valence-corrected chi connectivity index (χ0v) is 13.3. The highest BCUT2D eigenvalue weighted by Gasteiger charge is 2.15. The minimum Gasteiger partial charge on any atom is -0.348 e. The summed E-state index contributed by atoms with van der Waals surface area (Å²) in [6.07, 6.45) is 0. The SMILES string of the molecule is CC(C)NCc1ccc(SC(C)C(=O)N(C)C)cc1. The number of nitrogens with zero attached hydrogens (tertiary/aromatic N) is 1. The molecule has 1 rings (SSSR count). The van der Waals surface area contributed by atoms with Gasteiger partial charge in [0.2, 0.25) is 5.91 Å². The first-order valence-corrected chi connectivity index (χ1v) is 7.48. The van der Waals surface area contributed by atoms with Gasteiger partial charge in [0.1, 0.15) is 0 Å². The van der Waals surface area contributed by atoms with Crippen LogP contribution in [0.25, 0.3) is 0 Å². The quantitative estimate of drug-likeness (QED) is 0.813. The molecular weight excluding hydrogens is 256 g/mol. The van der Waals surface area contributed by atoms with Gasteiger partial charge < -0.3 is 10.2 Å². The van der Waals surface area contributed by atoms with E-state index >= 15 is 0 Å². The maximum absolute atomic E-state index is 11.8. The summed E-state index contributed by atoms with van der Waals surface area (Å²) in [6.45, 7) is 7.10. The van der Waals surface area contributed by atoms with Crippen molar-refractivity contribution in [3.05, 3.63) is 29.8 Å². The van der Waals surface area contributed by atoms with Gasteiger partial charge in [0.25, 0.3) is 0 Å². The van der Waals surface area contributed by atoms with Gasteiger partial charge in [0.05, 0.1) is 5.25 Å². The normalized spacial score (nSPS) is 12.5. The molecule has 0 aromatic heterocycles. The molecule has 1 amide bonds. The van der Waals surface area contributed by atoms with Gasteiger partial charge in [-0.3, -0.25) is 4.79 Å². The number of thioether (sulfide) groups is 1. The van der Waals surface area contributed by atoms with Crippen LogP contribution < -0.4 is 5.32 Å². The van der Waals surface area contributed by atoms with E-state index in [0.29, 0.717) is 6.04 Å². The van der Waals surface area contributed by atoms with E-state index in [1.54, 1.807) is 30.8 Å². The number of carbonyl (C=O) groups is 1. The first kappa shape index (κ1) is 16.1. The van der Waals surface area contributed by atoms with E-state index in [0.717, 1.165) is 11.4 Å². The molecule has 0 aliphatic rings. The van der Waals surface area contributed by atoms with Crippen LogP contribution in [0, 0.1) is 0 Å². The van der Waals surface area contributed by atoms with Gasteiger partial charge in [-0.15, -0.1) is 11.8 Å². The Morgan fingerprint density at radius 1 is 1.21 bits per heavy atom. The second kappa shape index (κ2) is 7.56. The first-order valence-electron chi connectivity index (χ1n) is 6.60. The average Bonchev–Trinajstić information content (AvgIpc) is 2.36. The van der Waals surface area contributed by atoms with Crippen molar-refractivity contribution in [3.63, 3.8) is 0 Å². The van der Waals surface area contributed by atoms with Crippen LogP contribution in [0.2, 0.25) is 0 Å². The third-order valence-corrected chi connectivity index (χ3v) is 3.84. The lowest BCUT2D eigenvalue weighted by molar-refractivity contribution is -0.127. The van der Waals surface area contributed by atoms with Crippen molar-refractivity contribution >= 4 is 17.7 Å². The molecule has 0 bridgehead atoms. The van der Waals surface area contributed by atoms with E-state index in [1.165, 1.54) is 5.56 Å². The Kier molecular flexibility index (Phi) is 6.38. The standard InChI is InChI=1S/C15H24N2OS/c1-11(2)16-10-13-6-8-14(9-7-13)19-12(3)15(18)17(4)5/h6-9,11-12,16H,10H2,1-5H3. The molecular formula is C15H24N2OS. The Morgan fingerprint density at radius 3 is 2.26 bits per heavy atom. The number of amides is 1. The topological polar surface area (TPSA) is 32.3 Å². The number of nitrogens with one attached hydrogen (secondary N) is 1. The summed E-state index contributed by atoms with van der Waals surface area (Å²) >= 11 is 1.60. The third kappa shape index (κ3) is 5.66. The number of hydrogen-bond donors (Lipinski definition) is 1. The second-order valence-corrected chi connectivity index (χ2v) is 6.59. The molecule has 19 heavy (non-hydrogen) atoms. The van der Waals surface area contributed by atoms with Crippen molar-refractivity contribution < 1.29 is 4.79 Å². The maximum atomic E-state index is 11.8. The highest BCUT2D eigenvalue weighted by atomic mass is 32.2. The lowest BCUT2D eigenvalue weighted by Crippen LogP contribution is -2.29. The van der Waals surface area contributed by atoms with E-state index in [2.05, 4.69) is 43.4 Å². The van der Waals surface area contributed by atoms with Gasteiger partial charge in [0, 0.05) is 31.6 Å². The first-order chi connectivity index (χ1) is 8.90. The van der Waals surface area contributed by atoms with Crippen LogP contribution >= 0.6 is 11.8 Å². The van der Waals surface area contributed by atoms with Gasteiger partial charge in [-0.05, 0) is 24.6 Å². The summed E-state index contributed by atoms with van der Waals surface area (Å²) < 4.78 is 0. The van der Waals surface area contributed by atoms with Gasteiger partial charge in [0.15, 0.2) is 0 Å². The Bertz CT molecular complexity index is 401. The van der Waals surface area contributed by atoms with Crippen molar-refractivity contribution in [2.75, 3.05) is 14.1 Å². The lowest BCUT2D eigenvalue weighted by Gasteiger charge is -2.16. The van der Waals surface area contributed by atoms with Crippen molar-refractivity contribution in [2.24, 2.45) is 0 Å². The number of benzene rings is 1. The van der Waals surface area contributed by atoms with E-state index in [-0.39, 0.29) is 11.2 Å². The Balaban J connectivity index is 2.54. The largest absolute Gasteiger partial charge is 0.348 e. The van der Waals surface area contributed by atoms with Gasteiger partial charge in [-0.2, -0.15) is 0 Å². The van der Waals surface area contributed by atoms with Crippen LogP contribution in [-0.4, -0.2) is 36.2 Å². The predicted molar refractivity (Wildman–Crippen MR) is 82.4 cm³/mol. The van der Waals surface area contributed by atoms with Crippen LogP contribution in [-0.2, 0) is 11.3 Å². The molecule has 0 aliphatic carbocycles. The van der Waals surface area contributed by atoms with Crippen molar-refractivity contribution in [1.29, 1.82) is 0 Å². The molecule has 3 nitrogen and oxygen atoms in total. The minimum atomic E-state index is -0.0466. The monoisotopic (exact) mass is 280 g/mol. The van der Waals surface area contributed by atoms with Crippen LogP contribution in [0.4, 0.5) is 0 Å². The predicted octanol–water partition coefficient (Wildman–Crippen LogP) is 2.75. The fourth-order valence-electron chi connectivity index (χ4n) is 1.63. The summed E-state index contributed by atoms with van der Waals surface area (Å²) in [7, 11) is 3.58. The highest BCUT2D eigenvalue weighted by molar-refractivity contribution is 8.00. The summed E-state index contributed by atoms with van der Waals surface area (Å²) in [4.78, 5) is 14.6. The van der Waals surface area contributed by atoms with E-state index in [1.807, 2.05) is 6.92 Å². The number of hydrogen-bond acceptors (Lipinski definition) is 3. The molecule has 0 radical (unpaired) electrons. The van der Waals surface area contributed by atoms with E-state index < -0.39 is 0 Å². The molecule has 4 heteroatoms. The number of rotatable bonds is 6. The smallest absolute Gasteiger partial charge is 0.235 e. The van der Waals surface area contributed by atoms with Crippen molar-refractivity contribution in [1.82, 2.24) is 10.2 Å². The van der Waals surface area contributed by atoms with E-state index in [9.17, 15) is 4.79 Å². The van der Waals surface area contributed by atoms with Crippen LogP contribution in [0.15, 0.2) is 29.2 Å². The van der Waals surface area contributed by atoms with Gasteiger partial charge >= 0.3 is 0 Å². The van der Waals surface area contributed by atoms with Gasteiger partial charge in [-0.25, -0.2) is 0 Å². The van der Waals surface area contributed by atoms with Gasteiger partial charge in [-0.1, -0.05) is 26.0 Å². The fraction of sp³-hybridized carbons (Fsp3) is 0.533. The molecule has 1 atom stereocenters. The molecule has 1 aromatic rings. The highest BCUT2D eigenvalue weighted by Crippen LogP contribution is 2.24. The molecule has 1 aromatic carbocycles.